The van der Waals surface area contributed by atoms with Gasteiger partial charge in [0.15, 0.2) is 0 Å². The van der Waals surface area contributed by atoms with Gasteiger partial charge in [-0.05, 0) is 39.1 Å². The van der Waals surface area contributed by atoms with Crippen molar-refractivity contribution in [2.75, 3.05) is 0 Å². The standard InChI is InChI=1S/C24H25NSi.3CO.Cr/c1-24(2,3)26(21-13-6-4-7-14-21,22-15-8-5-9-16-22)25-19-18-20-12-10-11-17-23(20)25;3*1-2;/h4-19H,1-3H3;;;;. The van der Waals surface area contributed by atoms with Crippen LogP contribution in [0.5, 0.6) is 0 Å². The van der Waals surface area contributed by atoms with Crippen LogP contribution in [0.25, 0.3) is 10.9 Å². The Morgan fingerprint density at radius 2 is 1.00 bits per heavy atom. The van der Waals surface area contributed by atoms with Crippen molar-refractivity contribution in [3.05, 3.63) is 117 Å². The molecule has 0 saturated heterocycles. The van der Waals surface area contributed by atoms with Gasteiger partial charge in [0.05, 0.1) is 0 Å². The van der Waals surface area contributed by atoms with Crippen LogP contribution in [-0.2, 0) is 31.3 Å². The molecule has 0 N–H and O–H groups in total. The van der Waals surface area contributed by atoms with Crippen molar-refractivity contribution in [3.63, 3.8) is 0 Å². The normalized spacial score (nSPS) is 9.97. The van der Waals surface area contributed by atoms with E-state index in [0.29, 0.717) is 0 Å². The van der Waals surface area contributed by atoms with Crippen molar-refractivity contribution in [2.24, 2.45) is 0 Å². The van der Waals surface area contributed by atoms with Crippen LogP contribution < -0.4 is 10.4 Å². The molecule has 3 aromatic carbocycles. The van der Waals surface area contributed by atoms with Gasteiger partial charge in [0.1, 0.15) is 0 Å². The number of aromatic nitrogens is 1. The summed E-state index contributed by atoms with van der Waals surface area (Å²) in [6, 6.07) is 33.2. The van der Waals surface area contributed by atoms with Gasteiger partial charge >= 0.3 is 33.9 Å². The zero-order valence-electron chi connectivity index (χ0n) is 18.8. The third-order valence-corrected chi connectivity index (χ3v) is 11.1. The number of benzene rings is 3. The number of para-hydroxylation sites is 1. The topological polar surface area (TPSA) is 64.6 Å². The van der Waals surface area contributed by atoms with Crippen LogP contribution in [0.4, 0.5) is 0 Å². The first-order valence-electron chi connectivity index (χ1n) is 9.84. The average molecular weight is 492 g/mol. The van der Waals surface area contributed by atoms with E-state index in [1.165, 1.54) is 21.3 Å². The minimum atomic E-state index is -2.32. The number of rotatable bonds is 3. The molecule has 0 saturated carbocycles. The van der Waals surface area contributed by atoms with Crippen molar-refractivity contribution in [1.29, 1.82) is 0 Å². The van der Waals surface area contributed by atoms with Crippen molar-refractivity contribution in [3.8, 4) is 0 Å². The summed E-state index contributed by atoms with van der Waals surface area (Å²) in [6.45, 7) is 20.7. The van der Waals surface area contributed by atoms with Crippen molar-refractivity contribution in [1.82, 2.24) is 4.23 Å². The second-order valence-electron chi connectivity index (χ2n) is 7.94. The van der Waals surface area contributed by atoms with Gasteiger partial charge in [-0.1, -0.05) is 99.6 Å². The predicted molar refractivity (Wildman–Crippen MR) is 127 cm³/mol. The first-order valence-corrected chi connectivity index (χ1v) is 11.8. The quantitative estimate of drug-likeness (QED) is 0.222. The summed E-state index contributed by atoms with van der Waals surface area (Å²) >= 11 is 0. The molecule has 0 unspecified atom stereocenters. The molecule has 4 aromatic rings. The first kappa shape index (κ1) is 30.2. The van der Waals surface area contributed by atoms with E-state index in [9.17, 15) is 0 Å². The summed E-state index contributed by atoms with van der Waals surface area (Å²) in [6.07, 6.45) is 2.31. The van der Waals surface area contributed by atoms with Gasteiger partial charge in [-0.3, -0.25) is 0 Å². The molecular formula is C27H25CrNO3Si. The van der Waals surface area contributed by atoms with Gasteiger partial charge in [-0.15, -0.1) is 0 Å². The Hall–Kier alpha value is -2.83. The fourth-order valence-corrected chi connectivity index (χ4v) is 9.96. The second-order valence-corrected chi connectivity index (χ2v) is 12.5. The minimum absolute atomic E-state index is 0. The Morgan fingerprint density at radius 3 is 1.42 bits per heavy atom. The van der Waals surface area contributed by atoms with Crippen molar-refractivity contribution in [2.45, 2.75) is 25.8 Å². The van der Waals surface area contributed by atoms with E-state index in [1.54, 1.807) is 0 Å². The van der Waals surface area contributed by atoms with Gasteiger partial charge < -0.3 is 4.23 Å². The summed E-state index contributed by atoms with van der Waals surface area (Å²) in [5.41, 5.74) is 1.32. The molecular weight excluding hydrogens is 466 g/mol. The maximum atomic E-state index is 7.50. The Kier molecular flexibility index (Phi) is 13.1. The fourth-order valence-electron chi connectivity index (χ4n) is 4.41. The second kappa shape index (κ2) is 14.3. The third kappa shape index (κ3) is 5.95. The summed E-state index contributed by atoms with van der Waals surface area (Å²) < 4.78 is 25.1. The molecule has 0 atom stereocenters. The van der Waals surface area contributed by atoms with E-state index in [1.807, 2.05) is 0 Å². The average Bonchev–Trinajstić information content (AvgIpc) is 3.28. The molecule has 0 aliphatic carbocycles. The summed E-state index contributed by atoms with van der Waals surface area (Å²) in [4.78, 5) is 0. The Morgan fingerprint density at radius 1 is 0.606 bits per heavy atom. The number of fused-ring (bicyclic) bond motifs is 1. The number of hydrogen-bond donors (Lipinski definition) is 0. The zero-order chi connectivity index (χ0) is 24.2. The van der Waals surface area contributed by atoms with Crippen LogP contribution in [0.3, 0.4) is 0 Å². The van der Waals surface area contributed by atoms with Gasteiger partial charge in [-0.2, -0.15) is 0 Å². The van der Waals surface area contributed by atoms with Crippen LogP contribution in [-0.4, -0.2) is 12.5 Å². The Bertz CT molecular complexity index is 1110. The molecule has 33 heavy (non-hydrogen) atoms. The van der Waals surface area contributed by atoms with Gasteiger partial charge in [0.2, 0.25) is 8.24 Å². The molecule has 0 spiro atoms. The van der Waals surface area contributed by atoms with E-state index in [2.05, 4.69) is 142 Å². The van der Waals surface area contributed by atoms with Gasteiger partial charge in [-0.25, -0.2) is 0 Å². The van der Waals surface area contributed by atoms with E-state index >= 15 is 0 Å². The molecule has 0 amide bonds. The van der Waals surface area contributed by atoms with E-state index in [0.717, 1.165) is 0 Å². The third-order valence-electron chi connectivity index (χ3n) is 5.43. The zero-order valence-corrected chi connectivity index (χ0v) is 21.1. The molecule has 1 aromatic heterocycles. The van der Waals surface area contributed by atoms with Gasteiger partial charge in [0.25, 0.3) is 0 Å². The molecule has 6 heteroatoms. The van der Waals surface area contributed by atoms with Crippen LogP contribution in [0, 0.1) is 20.0 Å². The molecule has 166 valence electrons. The minimum Gasteiger partial charge on any atom is 0 e. The molecule has 4 rings (SSSR count). The fraction of sp³-hybridized carbons (Fsp3) is 0.148. The molecule has 0 fully saturated rings. The van der Waals surface area contributed by atoms with Crippen LogP contribution >= 0.6 is 0 Å². The summed E-state index contributed by atoms with van der Waals surface area (Å²) in [7, 11) is -2.32. The maximum absolute atomic E-state index is 7.50. The molecule has 0 bridgehead atoms. The molecule has 0 radical (unpaired) electrons. The molecule has 0 aliphatic heterocycles. The SMILES string of the molecule is CC(C)(C)[Si](c1ccccc1)(c1ccccc1)n1ccc2ccccc21.[C-]#[O+].[C-]#[O+].[C-]#[O+].[Cr]. The van der Waals surface area contributed by atoms with Crippen molar-refractivity contribution >= 4 is 29.5 Å². The molecule has 1 heterocycles. The van der Waals surface area contributed by atoms with E-state index in [-0.39, 0.29) is 22.4 Å². The van der Waals surface area contributed by atoms with E-state index in [4.69, 9.17) is 14.0 Å². The van der Waals surface area contributed by atoms with Crippen LogP contribution in [0.2, 0.25) is 5.04 Å². The summed E-state index contributed by atoms with van der Waals surface area (Å²) in [5.74, 6) is 0. The Labute approximate surface area is 207 Å². The predicted octanol–water partition coefficient (Wildman–Crippen LogP) is 4.93. The summed E-state index contributed by atoms with van der Waals surface area (Å²) in [5, 5.41) is 4.29. The Balaban J connectivity index is 0.00000136. The largest absolute Gasteiger partial charge is 0 e. The molecule has 4 nitrogen and oxygen atoms in total. The smallest absolute Gasteiger partial charge is 0 e. The monoisotopic (exact) mass is 491 g/mol. The van der Waals surface area contributed by atoms with E-state index < -0.39 is 8.24 Å². The van der Waals surface area contributed by atoms with Crippen LogP contribution in [0.15, 0.2) is 97.2 Å². The van der Waals surface area contributed by atoms with Crippen molar-refractivity contribution < 1.29 is 31.3 Å². The molecule has 0 aliphatic rings. The van der Waals surface area contributed by atoms with Crippen LogP contribution in [0.1, 0.15) is 20.8 Å². The number of hydrogen-bond acceptors (Lipinski definition) is 0. The first-order chi connectivity index (χ1) is 15.5. The maximum Gasteiger partial charge on any atom is 0 e. The number of nitrogens with zero attached hydrogens (tertiary/aromatic N) is 1. The van der Waals surface area contributed by atoms with Gasteiger partial charge in [0, 0.05) is 22.9 Å².